The molecule has 2 heterocycles. The number of carbonyl (C=O) groups is 2. The summed E-state index contributed by atoms with van der Waals surface area (Å²) in [6, 6.07) is 17.1. The molecule has 2 amide bonds. The van der Waals surface area contributed by atoms with Crippen LogP contribution in [0.4, 0.5) is 10.5 Å². The second kappa shape index (κ2) is 7.28. The quantitative estimate of drug-likeness (QED) is 0.816. The summed E-state index contributed by atoms with van der Waals surface area (Å²) in [6.07, 6.45) is -0.532. The van der Waals surface area contributed by atoms with E-state index in [1.807, 2.05) is 55.1 Å². The SMILES string of the molecule is CC1(C)COC(c2ccccc2)CN1C(=O)c1cccc(N2CCOC2=O)c1. The van der Waals surface area contributed by atoms with Crippen molar-refractivity contribution in [1.29, 1.82) is 0 Å². The third-order valence-electron chi connectivity index (χ3n) is 5.30. The van der Waals surface area contributed by atoms with Crippen molar-refractivity contribution in [3.8, 4) is 0 Å². The highest BCUT2D eigenvalue weighted by molar-refractivity contribution is 5.97. The van der Waals surface area contributed by atoms with Gasteiger partial charge in [0.25, 0.3) is 5.91 Å². The molecule has 6 heteroatoms. The van der Waals surface area contributed by atoms with E-state index < -0.39 is 5.54 Å². The molecular formula is C22H24N2O4. The highest BCUT2D eigenvalue weighted by Crippen LogP contribution is 2.32. The first-order valence-corrected chi connectivity index (χ1v) is 9.48. The minimum absolute atomic E-state index is 0.0661. The van der Waals surface area contributed by atoms with Crippen molar-refractivity contribution in [3.63, 3.8) is 0 Å². The molecule has 1 atom stereocenters. The minimum atomic E-state index is -0.426. The van der Waals surface area contributed by atoms with Crippen LogP contribution in [-0.4, -0.2) is 48.7 Å². The van der Waals surface area contributed by atoms with Gasteiger partial charge < -0.3 is 14.4 Å². The van der Waals surface area contributed by atoms with E-state index >= 15 is 0 Å². The Morgan fingerprint density at radius 2 is 1.89 bits per heavy atom. The van der Waals surface area contributed by atoms with Gasteiger partial charge in [-0.05, 0) is 37.6 Å². The zero-order valence-corrected chi connectivity index (χ0v) is 16.1. The fraction of sp³-hybridized carbons (Fsp3) is 0.364. The fourth-order valence-corrected chi connectivity index (χ4v) is 3.67. The summed E-state index contributed by atoms with van der Waals surface area (Å²) in [7, 11) is 0. The van der Waals surface area contributed by atoms with Crippen LogP contribution < -0.4 is 4.90 Å². The number of morpholine rings is 1. The summed E-state index contributed by atoms with van der Waals surface area (Å²) in [4.78, 5) is 28.6. The molecule has 0 N–H and O–H groups in total. The molecular weight excluding hydrogens is 356 g/mol. The highest BCUT2D eigenvalue weighted by atomic mass is 16.6. The molecule has 2 fully saturated rings. The zero-order valence-electron chi connectivity index (χ0n) is 16.1. The normalized spacial score (nSPS) is 21.5. The number of hydrogen-bond donors (Lipinski definition) is 0. The lowest BCUT2D eigenvalue weighted by Gasteiger charge is -2.45. The predicted octanol–water partition coefficient (Wildman–Crippen LogP) is 3.64. The molecule has 28 heavy (non-hydrogen) atoms. The first-order chi connectivity index (χ1) is 13.5. The first-order valence-electron chi connectivity index (χ1n) is 9.48. The molecule has 2 aliphatic rings. The van der Waals surface area contributed by atoms with E-state index in [9.17, 15) is 9.59 Å². The average Bonchev–Trinajstić information content (AvgIpc) is 3.14. The van der Waals surface area contributed by atoms with Gasteiger partial charge in [-0.3, -0.25) is 9.69 Å². The van der Waals surface area contributed by atoms with Gasteiger partial charge >= 0.3 is 6.09 Å². The van der Waals surface area contributed by atoms with Gasteiger partial charge in [-0.15, -0.1) is 0 Å². The summed E-state index contributed by atoms with van der Waals surface area (Å²) < 4.78 is 11.1. The lowest BCUT2D eigenvalue weighted by molar-refractivity contribution is -0.0846. The van der Waals surface area contributed by atoms with Crippen molar-refractivity contribution in [2.45, 2.75) is 25.5 Å². The van der Waals surface area contributed by atoms with Crippen molar-refractivity contribution in [1.82, 2.24) is 4.90 Å². The van der Waals surface area contributed by atoms with Gasteiger partial charge in [-0.2, -0.15) is 0 Å². The van der Waals surface area contributed by atoms with Crippen LogP contribution in [0.1, 0.15) is 35.9 Å². The van der Waals surface area contributed by atoms with Crippen molar-refractivity contribution in [3.05, 3.63) is 65.7 Å². The van der Waals surface area contributed by atoms with Crippen LogP contribution in [-0.2, 0) is 9.47 Å². The molecule has 0 spiro atoms. The van der Waals surface area contributed by atoms with Crippen molar-refractivity contribution >= 4 is 17.7 Å². The summed E-state index contributed by atoms with van der Waals surface area (Å²) >= 11 is 0. The molecule has 1 unspecified atom stereocenters. The molecule has 0 saturated carbocycles. The molecule has 0 aliphatic carbocycles. The average molecular weight is 380 g/mol. The fourth-order valence-electron chi connectivity index (χ4n) is 3.67. The molecule has 146 valence electrons. The number of cyclic esters (lactones) is 1. The van der Waals surface area contributed by atoms with Crippen molar-refractivity contribution in [2.24, 2.45) is 0 Å². The third-order valence-corrected chi connectivity index (χ3v) is 5.30. The van der Waals surface area contributed by atoms with E-state index in [0.717, 1.165) is 5.56 Å². The number of ether oxygens (including phenoxy) is 2. The molecule has 0 aromatic heterocycles. The topological polar surface area (TPSA) is 59.1 Å². The Hall–Kier alpha value is -2.86. The molecule has 6 nitrogen and oxygen atoms in total. The molecule has 0 radical (unpaired) electrons. The predicted molar refractivity (Wildman–Crippen MR) is 105 cm³/mol. The number of benzene rings is 2. The Bertz CT molecular complexity index is 881. The van der Waals surface area contributed by atoms with E-state index in [0.29, 0.717) is 37.6 Å². The van der Waals surface area contributed by atoms with Crippen LogP contribution in [0.5, 0.6) is 0 Å². The Morgan fingerprint density at radius 3 is 2.61 bits per heavy atom. The van der Waals surface area contributed by atoms with Gasteiger partial charge in [0.15, 0.2) is 0 Å². The summed E-state index contributed by atoms with van der Waals surface area (Å²) in [6.45, 7) is 5.81. The second-order valence-electron chi connectivity index (χ2n) is 7.75. The number of carbonyl (C=O) groups excluding carboxylic acids is 2. The molecule has 0 bridgehead atoms. The maximum Gasteiger partial charge on any atom is 0.414 e. The zero-order chi connectivity index (χ0) is 19.7. The minimum Gasteiger partial charge on any atom is -0.447 e. The number of anilines is 1. The third kappa shape index (κ3) is 3.47. The standard InChI is InChI=1S/C22H24N2O4/c1-22(2)15-28-19(16-7-4-3-5-8-16)14-24(22)20(25)17-9-6-10-18(13-17)23-11-12-27-21(23)26/h3-10,13,19H,11-12,14-15H2,1-2H3. The van der Waals surface area contributed by atoms with Crippen LogP contribution in [0.3, 0.4) is 0 Å². The van der Waals surface area contributed by atoms with E-state index in [1.165, 1.54) is 0 Å². The number of hydrogen-bond acceptors (Lipinski definition) is 4. The summed E-state index contributed by atoms with van der Waals surface area (Å²) in [5.74, 6) is -0.0661. The van der Waals surface area contributed by atoms with Crippen LogP contribution >= 0.6 is 0 Å². The van der Waals surface area contributed by atoms with Crippen molar-refractivity contribution < 1.29 is 19.1 Å². The van der Waals surface area contributed by atoms with Crippen LogP contribution in [0.15, 0.2) is 54.6 Å². The molecule has 4 rings (SSSR count). The molecule has 2 aromatic carbocycles. The van der Waals surface area contributed by atoms with Gasteiger partial charge in [0.05, 0.1) is 25.2 Å². The van der Waals surface area contributed by atoms with Gasteiger partial charge in [-0.25, -0.2) is 4.79 Å². The molecule has 2 aromatic rings. The van der Waals surface area contributed by atoms with Gasteiger partial charge in [0.2, 0.25) is 0 Å². The number of amides is 2. The number of nitrogens with zero attached hydrogens (tertiary/aromatic N) is 2. The Labute approximate surface area is 164 Å². The van der Waals surface area contributed by atoms with Crippen LogP contribution in [0.2, 0.25) is 0 Å². The lowest BCUT2D eigenvalue weighted by Crippen LogP contribution is -2.56. The van der Waals surface area contributed by atoms with Crippen LogP contribution in [0.25, 0.3) is 0 Å². The maximum atomic E-state index is 13.4. The van der Waals surface area contributed by atoms with E-state index in [-0.39, 0.29) is 18.1 Å². The maximum absolute atomic E-state index is 13.4. The van der Waals surface area contributed by atoms with Crippen molar-refractivity contribution in [2.75, 3.05) is 31.2 Å². The van der Waals surface area contributed by atoms with Gasteiger partial charge in [0, 0.05) is 11.3 Å². The van der Waals surface area contributed by atoms with Gasteiger partial charge in [-0.1, -0.05) is 36.4 Å². The Morgan fingerprint density at radius 1 is 1.11 bits per heavy atom. The van der Waals surface area contributed by atoms with E-state index in [1.54, 1.807) is 23.1 Å². The summed E-state index contributed by atoms with van der Waals surface area (Å²) in [5, 5.41) is 0. The molecule has 2 saturated heterocycles. The Kier molecular flexibility index (Phi) is 4.81. The Balaban J connectivity index is 1.59. The smallest absolute Gasteiger partial charge is 0.414 e. The first kappa shape index (κ1) is 18.5. The second-order valence-corrected chi connectivity index (χ2v) is 7.75. The highest BCUT2D eigenvalue weighted by Gasteiger charge is 2.39. The monoisotopic (exact) mass is 380 g/mol. The van der Waals surface area contributed by atoms with Gasteiger partial charge in [0.1, 0.15) is 12.7 Å². The number of rotatable bonds is 3. The molecule has 2 aliphatic heterocycles. The van der Waals surface area contributed by atoms with Crippen LogP contribution in [0, 0.1) is 0 Å². The summed E-state index contributed by atoms with van der Waals surface area (Å²) in [5.41, 5.74) is 1.87. The van der Waals surface area contributed by atoms with E-state index in [4.69, 9.17) is 9.47 Å². The lowest BCUT2D eigenvalue weighted by atomic mass is 9.96. The largest absolute Gasteiger partial charge is 0.447 e. The van der Waals surface area contributed by atoms with E-state index in [2.05, 4.69) is 0 Å².